The van der Waals surface area contributed by atoms with Crippen molar-refractivity contribution in [2.45, 2.75) is 46.1 Å². The first-order chi connectivity index (χ1) is 11.7. The molecule has 1 aromatic heterocycles. The summed E-state index contributed by atoms with van der Waals surface area (Å²) in [4.78, 5) is 10.0. The lowest BCUT2D eigenvalue weighted by Gasteiger charge is -2.11. The maximum atomic E-state index is 4.45. The van der Waals surface area contributed by atoms with E-state index in [4.69, 9.17) is 0 Å². The molecule has 25 heavy (non-hydrogen) atoms. The summed E-state index contributed by atoms with van der Waals surface area (Å²) in [6.45, 7) is 5.84. The Morgan fingerprint density at radius 3 is 2.48 bits per heavy atom. The van der Waals surface area contributed by atoms with Gasteiger partial charge in [0.15, 0.2) is 5.96 Å². The zero-order chi connectivity index (χ0) is 17.2. The van der Waals surface area contributed by atoms with Gasteiger partial charge in [-0.1, -0.05) is 36.8 Å². The molecular formula is C19H29IN4S. The number of benzene rings is 1. The summed E-state index contributed by atoms with van der Waals surface area (Å²) in [5.41, 5.74) is 2.54. The highest BCUT2D eigenvalue weighted by atomic mass is 127. The molecule has 6 heteroatoms. The SMILES string of the molecule is CN=C(NCCCCCc1ccccc1)NCc1sc(C)nc1C.I. The van der Waals surface area contributed by atoms with E-state index in [9.17, 15) is 0 Å². The van der Waals surface area contributed by atoms with E-state index in [0.29, 0.717) is 0 Å². The van der Waals surface area contributed by atoms with Gasteiger partial charge in [0.05, 0.1) is 17.2 Å². The van der Waals surface area contributed by atoms with Gasteiger partial charge in [-0.2, -0.15) is 0 Å². The van der Waals surface area contributed by atoms with E-state index in [1.165, 1.54) is 23.3 Å². The number of aryl methyl sites for hydroxylation is 3. The largest absolute Gasteiger partial charge is 0.356 e. The highest BCUT2D eigenvalue weighted by molar-refractivity contribution is 14.0. The summed E-state index contributed by atoms with van der Waals surface area (Å²) in [5.74, 6) is 0.864. The summed E-state index contributed by atoms with van der Waals surface area (Å²) in [7, 11) is 1.81. The average molecular weight is 472 g/mol. The van der Waals surface area contributed by atoms with Crippen LogP contribution in [-0.4, -0.2) is 24.5 Å². The monoisotopic (exact) mass is 472 g/mol. The van der Waals surface area contributed by atoms with Gasteiger partial charge in [-0.25, -0.2) is 4.98 Å². The van der Waals surface area contributed by atoms with Crippen molar-refractivity contribution in [3.8, 4) is 0 Å². The quantitative estimate of drug-likeness (QED) is 0.258. The molecule has 0 spiro atoms. The molecule has 0 aliphatic rings. The van der Waals surface area contributed by atoms with Crippen LogP contribution in [0.5, 0.6) is 0 Å². The van der Waals surface area contributed by atoms with Crippen molar-refractivity contribution in [2.24, 2.45) is 4.99 Å². The molecule has 1 heterocycles. The molecule has 0 amide bonds. The third-order valence-corrected chi connectivity index (χ3v) is 4.99. The molecule has 0 fully saturated rings. The van der Waals surface area contributed by atoms with Gasteiger partial charge in [-0.15, -0.1) is 35.3 Å². The van der Waals surface area contributed by atoms with Crippen LogP contribution < -0.4 is 10.6 Å². The lowest BCUT2D eigenvalue weighted by molar-refractivity contribution is 0.656. The molecule has 2 N–H and O–H groups in total. The standard InChI is InChI=1S/C19H28N4S.HI/c1-15-18(24-16(2)23-15)14-22-19(20-3)21-13-9-5-8-12-17-10-6-4-7-11-17;/h4,6-7,10-11H,5,8-9,12-14H2,1-3H3,(H2,20,21,22);1H. The Balaban J connectivity index is 0.00000312. The van der Waals surface area contributed by atoms with Crippen LogP contribution in [0.4, 0.5) is 0 Å². The van der Waals surface area contributed by atoms with Crippen molar-refractivity contribution in [3.05, 3.63) is 51.5 Å². The van der Waals surface area contributed by atoms with E-state index < -0.39 is 0 Å². The topological polar surface area (TPSA) is 49.3 Å². The Labute approximate surface area is 172 Å². The van der Waals surface area contributed by atoms with Crippen LogP contribution in [0.25, 0.3) is 0 Å². The fourth-order valence-corrected chi connectivity index (χ4v) is 3.48. The molecular weight excluding hydrogens is 443 g/mol. The number of nitrogens with one attached hydrogen (secondary N) is 2. The van der Waals surface area contributed by atoms with E-state index in [0.717, 1.165) is 42.6 Å². The first-order valence-electron chi connectivity index (χ1n) is 8.60. The second kappa shape index (κ2) is 12.2. The lowest BCUT2D eigenvalue weighted by Crippen LogP contribution is -2.37. The Morgan fingerprint density at radius 2 is 1.84 bits per heavy atom. The minimum absolute atomic E-state index is 0. The van der Waals surface area contributed by atoms with Crippen molar-refractivity contribution in [1.82, 2.24) is 15.6 Å². The summed E-state index contributed by atoms with van der Waals surface area (Å²) in [6.07, 6.45) is 4.78. The van der Waals surface area contributed by atoms with Crippen LogP contribution in [0.15, 0.2) is 35.3 Å². The second-order valence-corrected chi connectivity index (χ2v) is 7.18. The van der Waals surface area contributed by atoms with Gasteiger partial charge in [0.2, 0.25) is 0 Å². The number of aromatic nitrogens is 1. The van der Waals surface area contributed by atoms with Gasteiger partial charge in [-0.3, -0.25) is 4.99 Å². The van der Waals surface area contributed by atoms with Gasteiger partial charge < -0.3 is 10.6 Å². The van der Waals surface area contributed by atoms with Gasteiger partial charge in [0, 0.05) is 18.5 Å². The molecule has 2 aromatic rings. The first-order valence-corrected chi connectivity index (χ1v) is 9.42. The van der Waals surface area contributed by atoms with Crippen molar-refractivity contribution >= 4 is 41.3 Å². The minimum Gasteiger partial charge on any atom is -0.356 e. The third kappa shape index (κ3) is 8.18. The van der Waals surface area contributed by atoms with Crippen molar-refractivity contribution in [2.75, 3.05) is 13.6 Å². The fourth-order valence-electron chi connectivity index (χ4n) is 2.60. The number of thiazole rings is 1. The zero-order valence-corrected chi connectivity index (χ0v) is 18.5. The molecule has 0 unspecified atom stereocenters. The van der Waals surface area contributed by atoms with Crippen LogP contribution in [0, 0.1) is 13.8 Å². The van der Waals surface area contributed by atoms with Gasteiger partial charge in [0.1, 0.15) is 0 Å². The minimum atomic E-state index is 0. The van der Waals surface area contributed by atoms with Crippen molar-refractivity contribution < 1.29 is 0 Å². The molecule has 0 atom stereocenters. The highest BCUT2D eigenvalue weighted by Gasteiger charge is 2.05. The zero-order valence-electron chi connectivity index (χ0n) is 15.3. The number of unbranched alkanes of at least 4 members (excludes halogenated alkanes) is 2. The maximum Gasteiger partial charge on any atom is 0.191 e. The predicted octanol–water partition coefficient (Wildman–Crippen LogP) is 4.46. The van der Waals surface area contributed by atoms with E-state index >= 15 is 0 Å². The number of halogens is 1. The molecule has 4 nitrogen and oxygen atoms in total. The number of nitrogens with zero attached hydrogens (tertiary/aromatic N) is 2. The number of aliphatic imine (C=N–C) groups is 1. The first kappa shape index (κ1) is 21.9. The third-order valence-electron chi connectivity index (χ3n) is 3.92. The Morgan fingerprint density at radius 1 is 1.08 bits per heavy atom. The predicted molar refractivity (Wildman–Crippen MR) is 119 cm³/mol. The van der Waals surface area contributed by atoms with Gasteiger partial charge in [-0.05, 0) is 38.7 Å². The smallest absolute Gasteiger partial charge is 0.191 e. The molecule has 138 valence electrons. The van der Waals surface area contributed by atoms with Crippen molar-refractivity contribution in [3.63, 3.8) is 0 Å². The van der Waals surface area contributed by atoms with Crippen LogP contribution >= 0.6 is 35.3 Å². The van der Waals surface area contributed by atoms with E-state index in [-0.39, 0.29) is 24.0 Å². The van der Waals surface area contributed by atoms with Gasteiger partial charge in [0.25, 0.3) is 0 Å². The fraction of sp³-hybridized carbons (Fsp3) is 0.474. The number of hydrogen-bond donors (Lipinski definition) is 2. The van der Waals surface area contributed by atoms with Crippen LogP contribution in [0.1, 0.15) is 40.4 Å². The average Bonchev–Trinajstić information content (AvgIpc) is 2.92. The molecule has 0 radical (unpaired) electrons. The number of guanidine groups is 1. The van der Waals surface area contributed by atoms with Crippen LogP contribution in [0.2, 0.25) is 0 Å². The van der Waals surface area contributed by atoms with Crippen molar-refractivity contribution in [1.29, 1.82) is 0 Å². The van der Waals surface area contributed by atoms with E-state index in [1.807, 2.05) is 14.0 Å². The highest BCUT2D eigenvalue weighted by Crippen LogP contribution is 2.16. The molecule has 2 rings (SSSR count). The summed E-state index contributed by atoms with van der Waals surface area (Å²) >= 11 is 1.74. The van der Waals surface area contributed by atoms with E-state index in [2.05, 4.69) is 57.9 Å². The Hall–Kier alpha value is -1.15. The van der Waals surface area contributed by atoms with Gasteiger partial charge >= 0.3 is 0 Å². The Bertz CT molecular complexity index is 640. The Kier molecular flexibility index (Phi) is 10.7. The van der Waals surface area contributed by atoms with Crippen LogP contribution in [0.3, 0.4) is 0 Å². The molecule has 0 saturated heterocycles. The normalized spacial score (nSPS) is 11.1. The molecule has 0 saturated carbocycles. The summed E-state index contributed by atoms with van der Waals surface area (Å²) in [6, 6.07) is 10.7. The number of rotatable bonds is 8. The molecule has 0 bridgehead atoms. The second-order valence-electron chi connectivity index (χ2n) is 5.89. The number of hydrogen-bond acceptors (Lipinski definition) is 3. The van der Waals surface area contributed by atoms with Crippen LogP contribution in [-0.2, 0) is 13.0 Å². The maximum absolute atomic E-state index is 4.45. The van der Waals surface area contributed by atoms with E-state index in [1.54, 1.807) is 11.3 Å². The lowest BCUT2D eigenvalue weighted by atomic mass is 10.1. The molecule has 0 aliphatic heterocycles. The molecule has 1 aromatic carbocycles. The molecule has 0 aliphatic carbocycles. The summed E-state index contributed by atoms with van der Waals surface area (Å²) in [5, 5.41) is 7.87. The summed E-state index contributed by atoms with van der Waals surface area (Å²) < 4.78 is 0.